The Morgan fingerprint density at radius 3 is 2.90 bits per heavy atom. The zero-order chi connectivity index (χ0) is 22.0. The summed E-state index contributed by atoms with van der Waals surface area (Å²) in [5.74, 6) is -0.821. The molecule has 0 spiro atoms. The topological polar surface area (TPSA) is 122 Å². The molecule has 2 N–H and O–H groups in total. The summed E-state index contributed by atoms with van der Waals surface area (Å²) in [6, 6.07) is 11.4. The summed E-state index contributed by atoms with van der Waals surface area (Å²) in [6.07, 6.45) is 1.15. The average molecular weight is 445 g/mol. The smallest absolute Gasteiger partial charge is 0.417 e. The summed E-state index contributed by atoms with van der Waals surface area (Å²) in [6.45, 7) is 2.71. The number of hydrogen-bond acceptors (Lipinski definition) is 6. The van der Waals surface area contributed by atoms with E-state index in [4.69, 9.17) is 9.15 Å². The van der Waals surface area contributed by atoms with Gasteiger partial charge in [-0.05, 0) is 44.0 Å². The van der Waals surface area contributed by atoms with Crippen LogP contribution in [0.2, 0.25) is 0 Å². The van der Waals surface area contributed by atoms with Gasteiger partial charge in [0.05, 0.1) is 28.6 Å². The minimum atomic E-state index is -3.85. The molecule has 10 heteroatoms. The number of sulfonamides is 1. The number of anilines is 1. The Bertz CT molecular complexity index is 1260. The lowest BCUT2D eigenvalue weighted by Gasteiger charge is -2.31. The number of piperidine rings is 1. The van der Waals surface area contributed by atoms with E-state index in [0.717, 1.165) is 0 Å². The summed E-state index contributed by atoms with van der Waals surface area (Å²) < 4.78 is 38.1. The molecule has 9 nitrogen and oxygen atoms in total. The first-order valence-electron chi connectivity index (χ1n) is 10.0. The van der Waals surface area contributed by atoms with Gasteiger partial charge in [-0.3, -0.25) is 9.78 Å². The first-order chi connectivity index (χ1) is 14.9. The predicted octanol–water partition coefficient (Wildman–Crippen LogP) is 2.56. The number of hydrogen-bond donors (Lipinski definition) is 2. The van der Waals surface area contributed by atoms with E-state index in [2.05, 4.69) is 10.3 Å². The average Bonchev–Trinajstić information content (AvgIpc) is 3.14. The highest BCUT2D eigenvalue weighted by Gasteiger charge is 2.34. The summed E-state index contributed by atoms with van der Waals surface area (Å²) in [4.78, 5) is 26.7. The molecule has 1 amide bonds. The molecule has 2 aromatic carbocycles. The fourth-order valence-electron chi connectivity index (χ4n) is 3.70. The van der Waals surface area contributed by atoms with Crippen molar-refractivity contribution in [3.05, 3.63) is 53.0 Å². The van der Waals surface area contributed by atoms with Gasteiger partial charge in [-0.25, -0.2) is 13.2 Å². The molecule has 0 bridgehead atoms. The van der Waals surface area contributed by atoms with Crippen LogP contribution in [0.3, 0.4) is 0 Å². The molecule has 1 fully saturated rings. The number of carbonyl (C=O) groups excluding carboxylic acids is 1. The van der Waals surface area contributed by atoms with Crippen molar-refractivity contribution in [3.8, 4) is 5.75 Å². The van der Waals surface area contributed by atoms with Crippen molar-refractivity contribution in [1.29, 1.82) is 0 Å². The quantitative estimate of drug-likeness (QED) is 0.601. The van der Waals surface area contributed by atoms with E-state index in [9.17, 15) is 18.0 Å². The number of rotatable bonds is 6. The van der Waals surface area contributed by atoms with E-state index in [1.807, 2.05) is 13.0 Å². The third-order valence-corrected chi connectivity index (χ3v) is 7.09. The van der Waals surface area contributed by atoms with E-state index in [1.54, 1.807) is 18.2 Å². The van der Waals surface area contributed by atoms with Crippen LogP contribution in [0, 0.1) is 5.92 Å². The molecule has 1 aromatic heterocycles. The van der Waals surface area contributed by atoms with Crippen LogP contribution in [0.25, 0.3) is 11.1 Å². The molecule has 2 heterocycles. The van der Waals surface area contributed by atoms with Crippen molar-refractivity contribution in [3.63, 3.8) is 0 Å². The Labute approximate surface area is 179 Å². The van der Waals surface area contributed by atoms with Gasteiger partial charge in [0, 0.05) is 19.2 Å². The first-order valence-corrected chi connectivity index (χ1v) is 11.5. The van der Waals surface area contributed by atoms with Crippen LogP contribution in [-0.2, 0) is 14.8 Å². The predicted molar refractivity (Wildman–Crippen MR) is 115 cm³/mol. The van der Waals surface area contributed by atoms with Crippen LogP contribution in [0.15, 0.2) is 56.6 Å². The zero-order valence-electron chi connectivity index (χ0n) is 17.0. The minimum Gasteiger partial charge on any atom is -0.492 e. The van der Waals surface area contributed by atoms with Crippen LogP contribution in [0.4, 0.5) is 5.69 Å². The molecular formula is C21H23N3O6S. The third-order valence-electron chi connectivity index (χ3n) is 5.23. The number of aromatic amines is 1. The number of nitrogens with one attached hydrogen (secondary N) is 2. The van der Waals surface area contributed by atoms with Crippen molar-refractivity contribution in [2.24, 2.45) is 5.92 Å². The maximum Gasteiger partial charge on any atom is 0.417 e. The standard InChI is InChI=1S/C21H23N3O6S/c1-2-29-18-8-4-3-7-16(18)22-20(25)14-6-5-11-24(13-14)31(27,28)15-9-10-17-19(12-15)30-21(26)23-17/h3-4,7-10,12,14H,2,5-6,11,13H2,1H3,(H,22,25)(H,23,26). The van der Waals surface area contributed by atoms with Gasteiger partial charge in [0.15, 0.2) is 5.58 Å². The Morgan fingerprint density at radius 1 is 1.29 bits per heavy atom. The fraction of sp³-hybridized carbons (Fsp3) is 0.333. The van der Waals surface area contributed by atoms with Gasteiger partial charge in [-0.15, -0.1) is 0 Å². The number of oxazole rings is 1. The molecule has 0 radical (unpaired) electrons. The van der Waals surface area contributed by atoms with Gasteiger partial charge in [0.1, 0.15) is 5.75 Å². The lowest BCUT2D eigenvalue weighted by atomic mass is 9.98. The maximum atomic E-state index is 13.1. The molecule has 1 aliphatic heterocycles. The Balaban J connectivity index is 1.52. The van der Waals surface area contributed by atoms with Gasteiger partial charge >= 0.3 is 5.76 Å². The lowest BCUT2D eigenvalue weighted by Crippen LogP contribution is -2.43. The van der Waals surface area contributed by atoms with Crippen molar-refractivity contribution in [2.45, 2.75) is 24.7 Å². The first kappa shape index (κ1) is 21.1. The van der Waals surface area contributed by atoms with E-state index in [1.165, 1.54) is 22.5 Å². The van der Waals surface area contributed by atoms with Crippen LogP contribution < -0.4 is 15.8 Å². The summed E-state index contributed by atoms with van der Waals surface area (Å²) in [5.41, 5.74) is 1.15. The van der Waals surface area contributed by atoms with Crippen molar-refractivity contribution < 1.29 is 22.4 Å². The number of nitrogens with zero attached hydrogens (tertiary/aromatic N) is 1. The largest absolute Gasteiger partial charge is 0.492 e. The lowest BCUT2D eigenvalue weighted by molar-refractivity contribution is -0.120. The molecule has 164 valence electrons. The number of H-pyrrole nitrogens is 1. The molecule has 4 rings (SSSR count). The van der Waals surface area contributed by atoms with Crippen molar-refractivity contribution in [2.75, 3.05) is 25.0 Å². The fourth-order valence-corrected chi connectivity index (χ4v) is 5.24. The van der Waals surface area contributed by atoms with Crippen LogP contribution in [-0.4, -0.2) is 43.3 Å². The molecule has 3 aromatic rings. The zero-order valence-corrected chi connectivity index (χ0v) is 17.8. The summed E-state index contributed by atoms with van der Waals surface area (Å²) >= 11 is 0. The molecule has 0 aliphatic carbocycles. The van der Waals surface area contributed by atoms with Crippen LogP contribution >= 0.6 is 0 Å². The molecule has 1 unspecified atom stereocenters. The Hall–Kier alpha value is -3.11. The number of fused-ring (bicyclic) bond motifs is 1. The number of aromatic nitrogens is 1. The highest BCUT2D eigenvalue weighted by molar-refractivity contribution is 7.89. The van der Waals surface area contributed by atoms with Gasteiger partial charge < -0.3 is 14.5 Å². The summed E-state index contributed by atoms with van der Waals surface area (Å²) in [7, 11) is -3.85. The monoisotopic (exact) mass is 445 g/mol. The van der Waals surface area contributed by atoms with Gasteiger partial charge in [0.25, 0.3) is 0 Å². The highest BCUT2D eigenvalue weighted by Crippen LogP contribution is 2.28. The Morgan fingerprint density at radius 2 is 2.10 bits per heavy atom. The number of para-hydroxylation sites is 2. The van der Waals surface area contributed by atoms with E-state index < -0.39 is 21.7 Å². The number of carbonyl (C=O) groups is 1. The number of benzene rings is 2. The van der Waals surface area contributed by atoms with Crippen LogP contribution in [0.5, 0.6) is 5.75 Å². The van der Waals surface area contributed by atoms with Crippen molar-refractivity contribution >= 4 is 32.7 Å². The molecule has 31 heavy (non-hydrogen) atoms. The summed E-state index contributed by atoms with van der Waals surface area (Å²) in [5, 5.41) is 2.86. The van der Waals surface area contributed by atoms with E-state index in [-0.39, 0.29) is 22.9 Å². The maximum absolute atomic E-state index is 13.1. The van der Waals surface area contributed by atoms with Gasteiger partial charge in [-0.2, -0.15) is 4.31 Å². The minimum absolute atomic E-state index is 0.0190. The second-order valence-electron chi connectivity index (χ2n) is 7.29. The molecular weight excluding hydrogens is 422 g/mol. The second kappa shape index (κ2) is 8.56. The van der Waals surface area contributed by atoms with E-state index >= 15 is 0 Å². The SMILES string of the molecule is CCOc1ccccc1NC(=O)C1CCCN(S(=O)(=O)c2ccc3[nH]c(=O)oc3c2)C1. The molecule has 1 saturated heterocycles. The van der Waals surface area contributed by atoms with Crippen molar-refractivity contribution in [1.82, 2.24) is 9.29 Å². The number of ether oxygens (including phenoxy) is 1. The van der Waals surface area contributed by atoms with Crippen LogP contribution in [0.1, 0.15) is 19.8 Å². The number of amides is 1. The molecule has 1 atom stereocenters. The van der Waals surface area contributed by atoms with E-state index in [0.29, 0.717) is 42.9 Å². The van der Waals surface area contributed by atoms with Gasteiger partial charge in [0.2, 0.25) is 15.9 Å². The third kappa shape index (κ3) is 4.35. The molecule has 0 saturated carbocycles. The van der Waals surface area contributed by atoms with Gasteiger partial charge in [-0.1, -0.05) is 12.1 Å². The normalized spacial score (nSPS) is 17.5. The highest BCUT2D eigenvalue weighted by atomic mass is 32.2. The second-order valence-corrected chi connectivity index (χ2v) is 9.23. The Kier molecular flexibility index (Phi) is 5.84. The molecule has 1 aliphatic rings.